The molecule has 0 unspecified atom stereocenters. The predicted molar refractivity (Wildman–Crippen MR) is 107 cm³/mol. The Morgan fingerprint density at radius 1 is 1.19 bits per heavy atom. The van der Waals surface area contributed by atoms with E-state index in [1.807, 2.05) is 18.2 Å². The minimum atomic E-state index is -0.204. The summed E-state index contributed by atoms with van der Waals surface area (Å²) in [6.07, 6.45) is 4.85. The van der Waals surface area contributed by atoms with E-state index in [4.69, 9.17) is 11.6 Å². The number of halogens is 1. The summed E-state index contributed by atoms with van der Waals surface area (Å²) in [5, 5.41) is 14.3. The lowest BCUT2D eigenvalue weighted by Crippen LogP contribution is -2.29. The van der Waals surface area contributed by atoms with Gasteiger partial charge in [0, 0.05) is 40.8 Å². The first-order valence-electron chi connectivity index (χ1n) is 9.09. The molecule has 0 amide bonds. The van der Waals surface area contributed by atoms with Gasteiger partial charge in [0.05, 0.1) is 6.10 Å². The fourth-order valence-corrected chi connectivity index (χ4v) is 3.83. The van der Waals surface area contributed by atoms with Crippen molar-refractivity contribution in [3.63, 3.8) is 0 Å². The lowest BCUT2D eigenvalue weighted by atomic mass is 9.93. The number of aliphatic hydroxyl groups excluding tert-OH is 1. The summed E-state index contributed by atoms with van der Waals surface area (Å²) in [5.74, 6) is 0.504. The van der Waals surface area contributed by atoms with E-state index in [1.54, 1.807) is 25.4 Å². The van der Waals surface area contributed by atoms with Gasteiger partial charge in [-0.15, -0.1) is 0 Å². The smallest absolute Gasteiger partial charge is 0.259 e. The standard InChI is InChI=1S/C20H21ClN4O2/c1-25-18-12(10-16(19(25)27)15-4-2-3-5-17(15)21)11-22-20(24-18)23-13-6-8-14(26)9-7-13/h2-5,10-11,13-14,26H,6-9H2,1H3,(H,22,23,24). The molecule has 2 aromatic heterocycles. The lowest BCUT2D eigenvalue weighted by Gasteiger charge is -2.26. The van der Waals surface area contributed by atoms with Crippen molar-refractivity contribution in [1.82, 2.24) is 14.5 Å². The van der Waals surface area contributed by atoms with Crippen molar-refractivity contribution in [2.45, 2.75) is 37.8 Å². The molecule has 3 aromatic rings. The van der Waals surface area contributed by atoms with Gasteiger partial charge in [0.15, 0.2) is 0 Å². The van der Waals surface area contributed by atoms with Crippen molar-refractivity contribution in [1.29, 1.82) is 0 Å². The van der Waals surface area contributed by atoms with Gasteiger partial charge < -0.3 is 10.4 Å². The molecule has 27 heavy (non-hydrogen) atoms. The minimum absolute atomic E-state index is 0.152. The van der Waals surface area contributed by atoms with Crippen LogP contribution in [0.25, 0.3) is 22.2 Å². The number of pyridine rings is 1. The number of nitrogens with one attached hydrogen (secondary N) is 1. The van der Waals surface area contributed by atoms with Crippen LogP contribution in [0.3, 0.4) is 0 Å². The Bertz CT molecular complexity index is 1040. The average molecular weight is 385 g/mol. The largest absolute Gasteiger partial charge is 0.393 e. The molecule has 1 saturated carbocycles. The molecule has 6 nitrogen and oxygen atoms in total. The van der Waals surface area contributed by atoms with Crippen LogP contribution in [0.2, 0.25) is 5.02 Å². The summed E-state index contributed by atoms with van der Waals surface area (Å²) in [6, 6.07) is 9.33. The number of aliphatic hydroxyl groups is 1. The van der Waals surface area contributed by atoms with Crippen LogP contribution in [0.5, 0.6) is 0 Å². The van der Waals surface area contributed by atoms with E-state index in [1.165, 1.54) is 4.57 Å². The summed E-state index contributed by atoms with van der Waals surface area (Å²) in [5.41, 5.74) is 1.65. The number of aromatic nitrogens is 3. The number of hydrogen-bond donors (Lipinski definition) is 2. The monoisotopic (exact) mass is 384 g/mol. The number of fused-ring (bicyclic) bond motifs is 1. The third-order valence-electron chi connectivity index (χ3n) is 5.14. The topological polar surface area (TPSA) is 80.0 Å². The van der Waals surface area contributed by atoms with E-state index < -0.39 is 0 Å². The zero-order chi connectivity index (χ0) is 19.0. The van der Waals surface area contributed by atoms with Gasteiger partial charge >= 0.3 is 0 Å². The first-order valence-corrected chi connectivity index (χ1v) is 9.47. The molecule has 1 fully saturated rings. The Hall–Kier alpha value is -2.44. The van der Waals surface area contributed by atoms with Gasteiger partial charge in [0.25, 0.3) is 5.56 Å². The quantitative estimate of drug-likeness (QED) is 0.723. The molecule has 140 valence electrons. The molecule has 0 aliphatic heterocycles. The molecule has 1 aliphatic rings. The second-order valence-electron chi connectivity index (χ2n) is 7.02. The lowest BCUT2D eigenvalue weighted by molar-refractivity contribution is 0.126. The van der Waals surface area contributed by atoms with Crippen LogP contribution in [0.4, 0.5) is 5.95 Å². The molecule has 0 spiro atoms. The second kappa shape index (κ2) is 7.29. The molecule has 2 N–H and O–H groups in total. The highest BCUT2D eigenvalue weighted by Gasteiger charge is 2.20. The van der Waals surface area contributed by atoms with Crippen LogP contribution in [0.15, 0.2) is 41.3 Å². The fraction of sp³-hybridized carbons (Fsp3) is 0.350. The van der Waals surface area contributed by atoms with Crippen LogP contribution >= 0.6 is 11.6 Å². The summed E-state index contributed by atoms with van der Waals surface area (Å²) < 4.78 is 1.53. The first kappa shape index (κ1) is 17.9. The number of nitrogens with zero attached hydrogens (tertiary/aromatic N) is 3. The molecule has 4 rings (SSSR count). The van der Waals surface area contributed by atoms with Crippen LogP contribution in [-0.2, 0) is 7.05 Å². The maximum atomic E-state index is 12.9. The van der Waals surface area contributed by atoms with E-state index in [2.05, 4.69) is 15.3 Å². The van der Waals surface area contributed by atoms with Gasteiger partial charge in [0.2, 0.25) is 5.95 Å². The zero-order valence-electron chi connectivity index (χ0n) is 15.0. The van der Waals surface area contributed by atoms with Gasteiger partial charge in [0.1, 0.15) is 5.65 Å². The van der Waals surface area contributed by atoms with Crippen LogP contribution in [-0.4, -0.2) is 31.8 Å². The van der Waals surface area contributed by atoms with Crippen LogP contribution in [0, 0.1) is 0 Å². The second-order valence-corrected chi connectivity index (χ2v) is 7.43. The molecule has 0 bridgehead atoms. The maximum Gasteiger partial charge on any atom is 0.259 e. The summed E-state index contributed by atoms with van der Waals surface area (Å²) >= 11 is 6.27. The van der Waals surface area contributed by atoms with Gasteiger partial charge in [-0.25, -0.2) is 4.98 Å². The highest BCUT2D eigenvalue weighted by atomic mass is 35.5. The fourth-order valence-electron chi connectivity index (χ4n) is 3.59. The van der Waals surface area contributed by atoms with Crippen molar-refractivity contribution < 1.29 is 5.11 Å². The SMILES string of the molecule is Cn1c(=O)c(-c2ccccc2Cl)cc2cnc(NC3CCC(O)CC3)nc21. The summed E-state index contributed by atoms with van der Waals surface area (Å²) in [7, 11) is 1.71. The normalized spacial score (nSPS) is 20.0. The number of rotatable bonds is 3. The van der Waals surface area contributed by atoms with Crippen LogP contribution in [0.1, 0.15) is 25.7 Å². The number of anilines is 1. The van der Waals surface area contributed by atoms with Crippen molar-refractivity contribution in [2.75, 3.05) is 5.32 Å². The molecular weight excluding hydrogens is 364 g/mol. The van der Waals surface area contributed by atoms with E-state index in [0.29, 0.717) is 27.7 Å². The molecule has 2 heterocycles. The Morgan fingerprint density at radius 2 is 1.93 bits per heavy atom. The van der Waals surface area contributed by atoms with E-state index in [0.717, 1.165) is 31.1 Å². The molecule has 7 heteroatoms. The Labute approximate surface area is 161 Å². The maximum absolute atomic E-state index is 12.9. The summed E-state index contributed by atoms with van der Waals surface area (Å²) in [4.78, 5) is 21.8. The molecule has 1 aromatic carbocycles. The summed E-state index contributed by atoms with van der Waals surface area (Å²) in [6.45, 7) is 0. The van der Waals surface area contributed by atoms with Crippen molar-refractivity contribution in [3.05, 3.63) is 51.9 Å². The predicted octanol–water partition coefficient (Wildman–Crippen LogP) is 3.36. The molecule has 1 aliphatic carbocycles. The Balaban J connectivity index is 1.71. The van der Waals surface area contributed by atoms with Crippen molar-refractivity contribution in [2.24, 2.45) is 7.05 Å². The Morgan fingerprint density at radius 3 is 2.67 bits per heavy atom. The molecule has 0 atom stereocenters. The average Bonchev–Trinajstić information content (AvgIpc) is 2.67. The van der Waals surface area contributed by atoms with Gasteiger partial charge in [-0.3, -0.25) is 9.36 Å². The number of aryl methyl sites for hydroxylation is 1. The third-order valence-corrected chi connectivity index (χ3v) is 5.47. The highest BCUT2D eigenvalue weighted by molar-refractivity contribution is 6.33. The third kappa shape index (κ3) is 3.55. The Kier molecular flexibility index (Phi) is 4.85. The van der Waals surface area contributed by atoms with Crippen LogP contribution < -0.4 is 10.9 Å². The van der Waals surface area contributed by atoms with E-state index in [9.17, 15) is 9.90 Å². The van der Waals surface area contributed by atoms with Gasteiger partial charge in [-0.2, -0.15) is 4.98 Å². The van der Waals surface area contributed by atoms with Crippen molar-refractivity contribution in [3.8, 4) is 11.1 Å². The zero-order valence-corrected chi connectivity index (χ0v) is 15.8. The minimum Gasteiger partial charge on any atom is -0.393 e. The van der Waals surface area contributed by atoms with Gasteiger partial charge in [-0.1, -0.05) is 29.8 Å². The number of benzene rings is 1. The van der Waals surface area contributed by atoms with Crippen molar-refractivity contribution >= 4 is 28.6 Å². The number of hydrogen-bond acceptors (Lipinski definition) is 5. The first-order chi connectivity index (χ1) is 13.0. The van der Waals surface area contributed by atoms with Gasteiger partial charge in [-0.05, 0) is 37.8 Å². The molecule has 0 saturated heterocycles. The molecule has 0 radical (unpaired) electrons. The molecular formula is C20H21ClN4O2. The van der Waals surface area contributed by atoms with E-state index >= 15 is 0 Å². The van der Waals surface area contributed by atoms with E-state index in [-0.39, 0.29) is 17.7 Å². The highest BCUT2D eigenvalue weighted by Crippen LogP contribution is 2.27.